The Morgan fingerprint density at radius 1 is 1.45 bits per heavy atom. The minimum atomic E-state index is 0.295. The molecule has 6 heteroatoms. The number of hydrogen-bond acceptors (Lipinski definition) is 4. The maximum absolute atomic E-state index is 5.60. The fraction of sp³-hybridized carbons (Fsp3) is 0.562. The maximum Gasteiger partial charge on any atom is 0.170 e. The van der Waals surface area contributed by atoms with E-state index in [4.69, 9.17) is 26.4 Å². The monoisotopic (exact) mass is 324 g/mol. The number of nitrogens with one attached hydrogen (secondary N) is 2. The van der Waals surface area contributed by atoms with Crippen LogP contribution in [0.3, 0.4) is 0 Å². The van der Waals surface area contributed by atoms with Gasteiger partial charge in [-0.05, 0) is 43.6 Å². The first-order valence-corrected chi connectivity index (χ1v) is 8.07. The summed E-state index contributed by atoms with van der Waals surface area (Å²) in [4.78, 5) is 0. The van der Waals surface area contributed by atoms with E-state index in [0.717, 1.165) is 43.9 Å². The summed E-state index contributed by atoms with van der Waals surface area (Å²) in [5.74, 6) is 0.801. The van der Waals surface area contributed by atoms with E-state index in [2.05, 4.69) is 10.6 Å². The van der Waals surface area contributed by atoms with Crippen LogP contribution in [0, 0.1) is 0 Å². The highest BCUT2D eigenvalue weighted by atomic mass is 32.1. The Morgan fingerprint density at radius 2 is 2.36 bits per heavy atom. The molecule has 1 saturated heterocycles. The van der Waals surface area contributed by atoms with Crippen LogP contribution in [0.4, 0.5) is 5.69 Å². The Kier molecular flexibility index (Phi) is 7.42. The highest BCUT2D eigenvalue weighted by molar-refractivity contribution is 7.80. The van der Waals surface area contributed by atoms with Crippen molar-refractivity contribution in [3.05, 3.63) is 24.3 Å². The second kappa shape index (κ2) is 9.61. The van der Waals surface area contributed by atoms with Crippen LogP contribution in [-0.4, -0.2) is 44.7 Å². The average Bonchev–Trinajstić information content (AvgIpc) is 3.04. The van der Waals surface area contributed by atoms with Gasteiger partial charge in [0.1, 0.15) is 5.75 Å². The number of anilines is 1. The molecule has 0 unspecified atom stereocenters. The van der Waals surface area contributed by atoms with Gasteiger partial charge in [0.25, 0.3) is 0 Å². The lowest BCUT2D eigenvalue weighted by Gasteiger charge is -2.12. The summed E-state index contributed by atoms with van der Waals surface area (Å²) in [6.07, 6.45) is 3.47. The molecular weight excluding hydrogens is 300 g/mol. The third-order valence-corrected chi connectivity index (χ3v) is 3.65. The molecule has 2 rings (SSSR count). The number of benzene rings is 1. The minimum absolute atomic E-state index is 0.295. The van der Waals surface area contributed by atoms with Gasteiger partial charge in [-0.2, -0.15) is 0 Å². The van der Waals surface area contributed by atoms with Crippen LogP contribution >= 0.6 is 12.2 Å². The normalized spacial score (nSPS) is 17.2. The standard InChI is InChI=1S/C16H24N2O3S/c1-19-14-6-2-5-13(11-14)18-16(22)17-8-4-9-20-12-15-7-3-10-21-15/h2,5-6,11,15H,3-4,7-10,12H2,1H3,(H2,17,18,22)/t15-/m0/s1. The Labute approximate surface area is 137 Å². The third kappa shape index (κ3) is 6.17. The lowest BCUT2D eigenvalue weighted by atomic mass is 10.2. The molecule has 0 spiro atoms. The van der Waals surface area contributed by atoms with Crippen molar-refractivity contribution in [1.29, 1.82) is 0 Å². The molecule has 0 radical (unpaired) electrons. The molecule has 1 aliphatic rings. The number of thiocarbonyl (C=S) groups is 1. The molecule has 1 atom stereocenters. The first-order valence-electron chi connectivity index (χ1n) is 7.66. The van der Waals surface area contributed by atoms with Crippen LogP contribution in [0.2, 0.25) is 0 Å². The SMILES string of the molecule is COc1cccc(NC(=S)NCCCOC[C@@H]2CCCO2)c1. The summed E-state index contributed by atoms with van der Waals surface area (Å²) >= 11 is 5.26. The summed E-state index contributed by atoms with van der Waals surface area (Å²) in [5, 5.41) is 6.90. The van der Waals surface area contributed by atoms with Gasteiger partial charge in [-0.3, -0.25) is 0 Å². The molecule has 0 bridgehead atoms. The van der Waals surface area contributed by atoms with Gasteiger partial charge in [-0.1, -0.05) is 6.07 Å². The summed E-state index contributed by atoms with van der Waals surface area (Å²) < 4.78 is 16.3. The predicted molar refractivity (Wildman–Crippen MR) is 91.6 cm³/mol. The van der Waals surface area contributed by atoms with Crippen molar-refractivity contribution in [2.24, 2.45) is 0 Å². The van der Waals surface area contributed by atoms with Gasteiger partial charge in [-0.25, -0.2) is 0 Å². The molecule has 122 valence electrons. The molecule has 1 aliphatic heterocycles. The fourth-order valence-electron chi connectivity index (χ4n) is 2.24. The molecule has 0 aromatic heterocycles. The Bertz CT molecular complexity index is 464. The zero-order valence-corrected chi connectivity index (χ0v) is 13.8. The topological polar surface area (TPSA) is 51.8 Å². The molecule has 5 nitrogen and oxygen atoms in total. The first-order chi connectivity index (χ1) is 10.8. The number of hydrogen-bond donors (Lipinski definition) is 2. The molecule has 1 fully saturated rings. The van der Waals surface area contributed by atoms with Gasteiger partial charge in [0.05, 0.1) is 19.8 Å². The smallest absolute Gasteiger partial charge is 0.170 e. The van der Waals surface area contributed by atoms with Crippen molar-refractivity contribution in [1.82, 2.24) is 5.32 Å². The van der Waals surface area contributed by atoms with Crippen molar-refractivity contribution in [3.8, 4) is 5.75 Å². The number of rotatable bonds is 8. The lowest BCUT2D eigenvalue weighted by Crippen LogP contribution is -2.30. The summed E-state index contributed by atoms with van der Waals surface area (Å²) in [6, 6.07) is 7.66. The van der Waals surface area contributed by atoms with Gasteiger partial charge in [0.15, 0.2) is 5.11 Å². The lowest BCUT2D eigenvalue weighted by molar-refractivity contribution is 0.0168. The summed E-state index contributed by atoms with van der Waals surface area (Å²) in [7, 11) is 1.65. The fourth-order valence-corrected chi connectivity index (χ4v) is 2.46. The largest absolute Gasteiger partial charge is 0.497 e. The van der Waals surface area contributed by atoms with Crippen LogP contribution in [0.1, 0.15) is 19.3 Å². The zero-order chi connectivity index (χ0) is 15.6. The van der Waals surface area contributed by atoms with Crippen molar-refractivity contribution < 1.29 is 14.2 Å². The van der Waals surface area contributed by atoms with Crippen molar-refractivity contribution in [2.45, 2.75) is 25.4 Å². The van der Waals surface area contributed by atoms with Gasteiger partial charge in [0.2, 0.25) is 0 Å². The van der Waals surface area contributed by atoms with E-state index in [-0.39, 0.29) is 0 Å². The predicted octanol–water partition coefficient (Wildman–Crippen LogP) is 2.57. The van der Waals surface area contributed by atoms with Gasteiger partial charge < -0.3 is 24.8 Å². The van der Waals surface area contributed by atoms with Crippen LogP contribution in [-0.2, 0) is 9.47 Å². The Balaban J connectivity index is 1.53. The molecular formula is C16H24N2O3S. The summed E-state index contributed by atoms with van der Waals surface area (Å²) in [6.45, 7) is 3.07. The molecule has 0 aliphatic carbocycles. The number of methoxy groups -OCH3 is 1. The van der Waals surface area contributed by atoms with Crippen LogP contribution in [0.15, 0.2) is 24.3 Å². The van der Waals surface area contributed by atoms with E-state index in [0.29, 0.717) is 24.4 Å². The van der Waals surface area contributed by atoms with Crippen LogP contribution in [0.25, 0.3) is 0 Å². The van der Waals surface area contributed by atoms with Crippen molar-refractivity contribution in [3.63, 3.8) is 0 Å². The molecule has 1 aromatic carbocycles. The van der Waals surface area contributed by atoms with Gasteiger partial charge in [-0.15, -0.1) is 0 Å². The maximum atomic E-state index is 5.60. The quantitative estimate of drug-likeness (QED) is 0.566. The number of ether oxygens (including phenoxy) is 3. The van der Waals surface area contributed by atoms with E-state index in [9.17, 15) is 0 Å². The van der Waals surface area contributed by atoms with Crippen molar-refractivity contribution >= 4 is 23.0 Å². The molecule has 0 amide bonds. The second-order valence-corrected chi connectivity index (χ2v) is 5.58. The Hall–Kier alpha value is -1.37. The molecule has 2 N–H and O–H groups in total. The zero-order valence-electron chi connectivity index (χ0n) is 13.0. The van der Waals surface area contributed by atoms with E-state index in [1.165, 1.54) is 0 Å². The Morgan fingerprint density at radius 3 is 3.14 bits per heavy atom. The molecule has 1 heterocycles. The van der Waals surface area contributed by atoms with E-state index in [1.54, 1.807) is 7.11 Å². The first kappa shape index (κ1) is 17.0. The summed E-state index contributed by atoms with van der Waals surface area (Å²) in [5.41, 5.74) is 0.909. The van der Waals surface area contributed by atoms with E-state index < -0.39 is 0 Å². The van der Waals surface area contributed by atoms with Gasteiger partial charge >= 0.3 is 0 Å². The average molecular weight is 324 g/mol. The molecule has 0 saturated carbocycles. The van der Waals surface area contributed by atoms with Crippen LogP contribution < -0.4 is 15.4 Å². The van der Waals surface area contributed by atoms with E-state index in [1.807, 2.05) is 24.3 Å². The second-order valence-electron chi connectivity index (χ2n) is 5.18. The highest BCUT2D eigenvalue weighted by Gasteiger charge is 2.14. The van der Waals surface area contributed by atoms with Crippen LogP contribution in [0.5, 0.6) is 5.75 Å². The van der Waals surface area contributed by atoms with Gasteiger partial charge in [0, 0.05) is 31.5 Å². The molecule has 1 aromatic rings. The van der Waals surface area contributed by atoms with E-state index >= 15 is 0 Å². The molecule has 22 heavy (non-hydrogen) atoms. The minimum Gasteiger partial charge on any atom is -0.497 e. The van der Waals surface area contributed by atoms with Crippen molar-refractivity contribution in [2.75, 3.05) is 38.8 Å². The third-order valence-electron chi connectivity index (χ3n) is 3.41. The highest BCUT2D eigenvalue weighted by Crippen LogP contribution is 2.16.